The van der Waals surface area contributed by atoms with Gasteiger partial charge >= 0.3 is 0 Å². The average molecular weight is 213 g/mol. The molecule has 1 N–H and O–H groups in total. The van der Waals surface area contributed by atoms with Crippen LogP contribution in [0, 0.1) is 0 Å². The Hall–Kier alpha value is -1.67. The van der Waals surface area contributed by atoms with Crippen LogP contribution in [0.15, 0.2) is 47.5 Å². The van der Waals surface area contributed by atoms with E-state index in [4.69, 9.17) is 5.11 Å². The first-order chi connectivity index (χ1) is 7.92. The highest BCUT2D eigenvalue weighted by atomic mass is 16.2. The van der Waals surface area contributed by atoms with E-state index >= 15 is 0 Å². The maximum atomic E-state index is 8.66. The first-order valence-electron chi connectivity index (χ1n) is 5.50. The van der Waals surface area contributed by atoms with E-state index in [1.165, 1.54) is 10.8 Å². The molecule has 0 bridgehead atoms. The molecular formula is C14H15NO. The third-order valence-electron chi connectivity index (χ3n) is 2.50. The maximum Gasteiger partial charge on any atom is 0.0448 e. The Morgan fingerprint density at radius 1 is 1.06 bits per heavy atom. The van der Waals surface area contributed by atoms with Crippen molar-refractivity contribution in [2.45, 2.75) is 6.42 Å². The van der Waals surface area contributed by atoms with Crippen LogP contribution in [0.4, 0.5) is 0 Å². The van der Waals surface area contributed by atoms with Gasteiger partial charge in [-0.1, -0.05) is 42.5 Å². The van der Waals surface area contributed by atoms with Crippen molar-refractivity contribution in [1.82, 2.24) is 0 Å². The summed E-state index contributed by atoms with van der Waals surface area (Å²) in [6.07, 6.45) is 2.61. The average Bonchev–Trinajstić information content (AvgIpc) is 2.35. The van der Waals surface area contributed by atoms with Gasteiger partial charge in [-0.15, -0.1) is 0 Å². The van der Waals surface area contributed by atoms with Gasteiger partial charge in [-0.05, 0) is 17.2 Å². The van der Waals surface area contributed by atoms with E-state index in [0.29, 0.717) is 6.54 Å². The molecule has 82 valence electrons. The molecule has 2 aromatic rings. The van der Waals surface area contributed by atoms with Crippen LogP contribution in [0.5, 0.6) is 0 Å². The van der Waals surface area contributed by atoms with Gasteiger partial charge in [0, 0.05) is 24.9 Å². The first-order valence-corrected chi connectivity index (χ1v) is 5.50. The molecule has 0 fully saturated rings. The third-order valence-corrected chi connectivity index (χ3v) is 2.50. The van der Waals surface area contributed by atoms with Crippen LogP contribution >= 0.6 is 0 Å². The van der Waals surface area contributed by atoms with E-state index in [2.05, 4.69) is 29.3 Å². The molecule has 0 aliphatic rings. The summed E-state index contributed by atoms with van der Waals surface area (Å²) in [4.78, 5) is 4.30. The van der Waals surface area contributed by atoms with Crippen molar-refractivity contribution < 1.29 is 5.11 Å². The SMILES string of the molecule is OCCCN=Cc1cccc2ccccc12. The Balaban J connectivity index is 2.27. The normalized spacial score (nSPS) is 11.3. The number of hydrogen-bond acceptors (Lipinski definition) is 2. The van der Waals surface area contributed by atoms with Crippen molar-refractivity contribution in [3.63, 3.8) is 0 Å². The van der Waals surface area contributed by atoms with Gasteiger partial charge in [-0.25, -0.2) is 0 Å². The molecule has 2 aromatic carbocycles. The number of hydrogen-bond donors (Lipinski definition) is 1. The second kappa shape index (κ2) is 5.42. The summed E-state index contributed by atoms with van der Waals surface area (Å²) in [5, 5.41) is 11.1. The van der Waals surface area contributed by atoms with Crippen LogP contribution < -0.4 is 0 Å². The van der Waals surface area contributed by atoms with Crippen molar-refractivity contribution in [1.29, 1.82) is 0 Å². The van der Waals surface area contributed by atoms with Crippen molar-refractivity contribution in [2.75, 3.05) is 13.2 Å². The number of rotatable bonds is 4. The molecule has 0 heterocycles. The lowest BCUT2D eigenvalue weighted by molar-refractivity contribution is 0.291. The minimum atomic E-state index is 0.201. The Bertz CT molecular complexity index is 486. The summed E-state index contributed by atoms with van der Waals surface area (Å²) in [6.45, 7) is 0.882. The summed E-state index contributed by atoms with van der Waals surface area (Å²) < 4.78 is 0. The highest BCUT2D eigenvalue weighted by Gasteiger charge is 1.96. The zero-order valence-corrected chi connectivity index (χ0v) is 9.13. The van der Waals surface area contributed by atoms with Crippen molar-refractivity contribution in [3.8, 4) is 0 Å². The fourth-order valence-electron chi connectivity index (χ4n) is 1.69. The van der Waals surface area contributed by atoms with E-state index in [-0.39, 0.29) is 6.61 Å². The van der Waals surface area contributed by atoms with Crippen molar-refractivity contribution in [2.24, 2.45) is 4.99 Å². The largest absolute Gasteiger partial charge is 0.396 e. The molecule has 0 saturated heterocycles. The van der Waals surface area contributed by atoms with E-state index in [0.717, 1.165) is 12.0 Å². The van der Waals surface area contributed by atoms with Crippen LogP contribution in [0.2, 0.25) is 0 Å². The Kier molecular flexibility index (Phi) is 3.67. The summed E-state index contributed by atoms with van der Waals surface area (Å²) >= 11 is 0. The number of aliphatic hydroxyl groups is 1. The molecule has 2 heteroatoms. The van der Waals surface area contributed by atoms with Gasteiger partial charge in [0.2, 0.25) is 0 Å². The smallest absolute Gasteiger partial charge is 0.0448 e. The van der Waals surface area contributed by atoms with Gasteiger partial charge < -0.3 is 5.11 Å². The van der Waals surface area contributed by atoms with Gasteiger partial charge in [0.1, 0.15) is 0 Å². The summed E-state index contributed by atoms with van der Waals surface area (Å²) in [7, 11) is 0. The van der Waals surface area contributed by atoms with E-state index < -0.39 is 0 Å². The molecule has 0 radical (unpaired) electrons. The summed E-state index contributed by atoms with van der Waals surface area (Å²) in [5.74, 6) is 0. The predicted octanol–water partition coefficient (Wildman–Crippen LogP) is 2.64. The minimum absolute atomic E-state index is 0.201. The van der Waals surface area contributed by atoms with Crippen LogP contribution in [0.1, 0.15) is 12.0 Å². The molecule has 2 rings (SSSR count). The Labute approximate surface area is 95.3 Å². The van der Waals surface area contributed by atoms with Gasteiger partial charge in [0.05, 0.1) is 0 Å². The first kappa shape index (κ1) is 10.8. The molecule has 16 heavy (non-hydrogen) atoms. The van der Waals surface area contributed by atoms with Gasteiger partial charge in [-0.2, -0.15) is 0 Å². The van der Waals surface area contributed by atoms with Gasteiger partial charge in [0.15, 0.2) is 0 Å². The quantitative estimate of drug-likeness (QED) is 0.614. The highest BCUT2D eigenvalue weighted by molar-refractivity contribution is 5.99. The van der Waals surface area contributed by atoms with E-state index in [9.17, 15) is 0 Å². The fraction of sp³-hybridized carbons (Fsp3) is 0.214. The summed E-state index contributed by atoms with van der Waals surface area (Å²) in [6, 6.07) is 14.5. The van der Waals surface area contributed by atoms with Crippen LogP contribution in [0.25, 0.3) is 10.8 Å². The molecule has 0 aliphatic carbocycles. The lowest BCUT2D eigenvalue weighted by Crippen LogP contribution is -1.89. The second-order valence-electron chi connectivity index (χ2n) is 3.68. The van der Waals surface area contributed by atoms with Gasteiger partial charge in [0.25, 0.3) is 0 Å². The molecule has 0 aromatic heterocycles. The number of nitrogens with zero attached hydrogens (tertiary/aromatic N) is 1. The molecule has 0 unspecified atom stereocenters. The lowest BCUT2D eigenvalue weighted by Gasteiger charge is -2.00. The zero-order chi connectivity index (χ0) is 11.2. The van der Waals surface area contributed by atoms with E-state index in [1.54, 1.807) is 0 Å². The number of aliphatic imine (C=N–C) groups is 1. The van der Waals surface area contributed by atoms with Crippen LogP contribution in [-0.4, -0.2) is 24.5 Å². The van der Waals surface area contributed by atoms with Gasteiger partial charge in [-0.3, -0.25) is 4.99 Å². The fourth-order valence-corrected chi connectivity index (χ4v) is 1.69. The molecule has 0 spiro atoms. The summed E-state index contributed by atoms with van der Waals surface area (Å²) in [5.41, 5.74) is 1.14. The molecule has 0 aliphatic heterocycles. The molecule has 0 saturated carbocycles. The number of aliphatic hydroxyl groups excluding tert-OH is 1. The number of fused-ring (bicyclic) bond motifs is 1. The molecule has 0 amide bonds. The molecule has 2 nitrogen and oxygen atoms in total. The second-order valence-corrected chi connectivity index (χ2v) is 3.68. The topological polar surface area (TPSA) is 32.6 Å². The highest BCUT2D eigenvalue weighted by Crippen LogP contribution is 2.16. The Morgan fingerprint density at radius 2 is 1.88 bits per heavy atom. The van der Waals surface area contributed by atoms with Crippen molar-refractivity contribution in [3.05, 3.63) is 48.0 Å². The van der Waals surface area contributed by atoms with Crippen LogP contribution in [-0.2, 0) is 0 Å². The third kappa shape index (κ3) is 2.47. The maximum absolute atomic E-state index is 8.66. The minimum Gasteiger partial charge on any atom is -0.396 e. The standard InChI is InChI=1S/C14H15NO/c16-10-4-9-15-11-13-7-3-6-12-5-1-2-8-14(12)13/h1-3,5-8,11,16H,4,9-10H2. The monoisotopic (exact) mass is 213 g/mol. The zero-order valence-electron chi connectivity index (χ0n) is 9.13. The Morgan fingerprint density at radius 3 is 2.75 bits per heavy atom. The molecule has 0 atom stereocenters. The van der Waals surface area contributed by atoms with Crippen LogP contribution in [0.3, 0.4) is 0 Å². The van der Waals surface area contributed by atoms with Crippen molar-refractivity contribution >= 4 is 17.0 Å². The lowest BCUT2D eigenvalue weighted by atomic mass is 10.1. The predicted molar refractivity (Wildman–Crippen MR) is 68.1 cm³/mol. The number of benzene rings is 2. The van der Waals surface area contributed by atoms with E-state index in [1.807, 2.05) is 24.4 Å². The molecular weight excluding hydrogens is 198 g/mol.